The molecule has 7 heteroatoms. The summed E-state index contributed by atoms with van der Waals surface area (Å²) in [7, 11) is 0. The Morgan fingerprint density at radius 3 is 2.50 bits per heavy atom. The van der Waals surface area contributed by atoms with Gasteiger partial charge in [0.15, 0.2) is 5.69 Å². The molecule has 148 valence electrons. The fourth-order valence-corrected chi connectivity index (χ4v) is 3.62. The van der Waals surface area contributed by atoms with Crippen LogP contribution < -0.4 is 16.4 Å². The van der Waals surface area contributed by atoms with Crippen molar-refractivity contribution in [2.75, 3.05) is 5.32 Å². The number of carbonyl (C=O) groups is 2. The minimum Gasteiger partial charge on any atom is -0.360 e. The fraction of sp³-hybridized carbons (Fsp3) is 0.476. The number of aryl methyl sites for hydroxylation is 1. The molecule has 2 amide bonds. The Bertz CT molecular complexity index is 880. The van der Waals surface area contributed by atoms with Gasteiger partial charge in [-0.1, -0.05) is 5.16 Å². The quantitative estimate of drug-likeness (QED) is 0.736. The molecular formula is C21H26N4O3. The van der Waals surface area contributed by atoms with E-state index in [1.165, 1.54) is 0 Å². The number of benzene rings is 1. The highest BCUT2D eigenvalue weighted by atomic mass is 16.5. The summed E-state index contributed by atoms with van der Waals surface area (Å²) in [5, 5.41) is 9.79. The molecule has 7 nitrogen and oxygen atoms in total. The highest BCUT2D eigenvalue weighted by molar-refractivity contribution is 6.03. The van der Waals surface area contributed by atoms with Crippen molar-refractivity contribution >= 4 is 17.5 Å². The molecular weight excluding hydrogens is 356 g/mol. The van der Waals surface area contributed by atoms with E-state index in [2.05, 4.69) is 15.8 Å². The molecule has 1 aromatic heterocycles. The van der Waals surface area contributed by atoms with Gasteiger partial charge in [0.25, 0.3) is 11.8 Å². The fourth-order valence-electron chi connectivity index (χ4n) is 3.62. The Morgan fingerprint density at radius 2 is 1.82 bits per heavy atom. The van der Waals surface area contributed by atoms with Crippen molar-refractivity contribution in [1.82, 2.24) is 10.5 Å². The second-order valence-corrected chi connectivity index (χ2v) is 7.96. The summed E-state index contributed by atoms with van der Waals surface area (Å²) in [5.74, 6) is 0.785. The normalized spacial score (nSPS) is 21.9. The van der Waals surface area contributed by atoms with Crippen molar-refractivity contribution in [2.24, 2.45) is 5.73 Å². The van der Waals surface area contributed by atoms with Crippen LogP contribution in [0.25, 0.3) is 0 Å². The summed E-state index contributed by atoms with van der Waals surface area (Å²) in [6.07, 6.45) is 5.90. The molecule has 2 saturated carbocycles. The second-order valence-electron chi connectivity index (χ2n) is 7.96. The predicted octanol–water partition coefficient (Wildman–Crippen LogP) is 3.11. The van der Waals surface area contributed by atoms with Gasteiger partial charge in [-0.05, 0) is 69.2 Å². The first-order chi connectivity index (χ1) is 13.5. The van der Waals surface area contributed by atoms with Crippen molar-refractivity contribution in [3.63, 3.8) is 0 Å². The van der Waals surface area contributed by atoms with E-state index < -0.39 is 0 Å². The number of nitrogens with zero attached hydrogens (tertiary/aromatic N) is 1. The van der Waals surface area contributed by atoms with Crippen LogP contribution in [-0.4, -0.2) is 29.1 Å². The highest BCUT2D eigenvalue weighted by Gasteiger charge is 2.29. The third-order valence-electron chi connectivity index (χ3n) is 5.58. The summed E-state index contributed by atoms with van der Waals surface area (Å²) in [6, 6.07) is 7.41. The SMILES string of the molecule is Cc1cc(C(=O)NC2CCC(N)CC2)ccc1NC(=O)c1cc(C2CC2)on1. The van der Waals surface area contributed by atoms with Crippen molar-refractivity contribution in [2.45, 2.75) is 63.5 Å². The van der Waals surface area contributed by atoms with E-state index in [0.29, 0.717) is 17.2 Å². The van der Waals surface area contributed by atoms with Gasteiger partial charge in [-0.15, -0.1) is 0 Å². The van der Waals surface area contributed by atoms with Crippen LogP contribution in [0.4, 0.5) is 5.69 Å². The van der Waals surface area contributed by atoms with Gasteiger partial charge < -0.3 is 20.9 Å². The molecule has 1 aromatic carbocycles. The van der Waals surface area contributed by atoms with Gasteiger partial charge in [0, 0.05) is 35.3 Å². The van der Waals surface area contributed by atoms with E-state index in [1.54, 1.807) is 24.3 Å². The molecule has 0 atom stereocenters. The predicted molar refractivity (Wildman–Crippen MR) is 105 cm³/mol. The maximum absolute atomic E-state index is 12.5. The highest BCUT2D eigenvalue weighted by Crippen LogP contribution is 2.40. The molecule has 2 fully saturated rings. The summed E-state index contributed by atoms with van der Waals surface area (Å²) < 4.78 is 5.24. The van der Waals surface area contributed by atoms with Crippen LogP contribution in [0.3, 0.4) is 0 Å². The summed E-state index contributed by atoms with van der Waals surface area (Å²) in [4.78, 5) is 24.9. The number of hydrogen-bond donors (Lipinski definition) is 3. The molecule has 2 aromatic rings. The molecule has 0 saturated heterocycles. The van der Waals surface area contributed by atoms with Crippen molar-refractivity contribution in [1.29, 1.82) is 0 Å². The molecule has 0 spiro atoms. The largest absolute Gasteiger partial charge is 0.360 e. The molecule has 4 rings (SSSR count). The van der Waals surface area contributed by atoms with E-state index in [0.717, 1.165) is 49.8 Å². The van der Waals surface area contributed by atoms with E-state index in [9.17, 15) is 9.59 Å². The smallest absolute Gasteiger partial charge is 0.277 e. The zero-order valence-corrected chi connectivity index (χ0v) is 16.0. The number of nitrogens with one attached hydrogen (secondary N) is 2. The molecule has 0 bridgehead atoms. The minimum atomic E-state index is -0.311. The summed E-state index contributed by atoms with van der Waals surface area (Å²) in [6.45, 7) is 1.87. The number of carbonyl (C=O) groups excluding carboxylic acids is 2. The van der Waals surface area contributed by atoms with E-state index in [1.807, 2.05) is 6.92 Å². The average molecular weight is 382 g/mol. The summed E-state index contributed by atoms with van der Waals surface area (Å²) in [5.41, 5.74) is 8.25. The number of hydrogen-bond acceptors (Lipinski definition) is 5. The molecule has 0 unspecified atom stereocenters. The second kappa shape index (κ2) is 7.75. The maximum Gasteiger partial charge on any atom is 0.277 e. The standard InChI is InChI=1S/C21H26N4O3/c1-12-10-14(20(26)23-16-7-5-15(22)6-8-16)4-9-17(12)24-21(27)18-11-19(28-25-18)13-2-3-13/h4,9-11,13,15-16H,2-3,5-8,22H2,1H3,(H,23,26)(H,24,27). The van der Waals surface area contributed by atoms with Gasteiger partial charge in [0.1, 0.15) is 5.76 Å². The Hall–Kier alpha value is -2.67. The van der Waals surface area contributed by atoms with Gasteiger partial charge in [-0.2, -0.15) is 0 Å². The van der Waals surface area contributed by atoms with E-state index >= 15 is 0 Å². The zero-order chi connectivity index (χ0) is 19.7. The molecule has 28 heavy (non-hydrogen) atoms. The first-order valence-electron chi connectivity index (χ1n) is 9.94. The Labute approximate surface area is 164 Å². The lowest BCUT2D eigenvalue weighted by Crippen LogP contribution is -2.40. The topological polar surface area (TPSA) is 110 Å². The molecule has 1 heterocycles. The average Bonchev–Trinajstić information content (AvgIpc) is 3.41. The number of nitrogens with two attached hydrogens (primary N) is 1. The molecule has 2 aliphatic carbocycles. The molecule has 0 radical (unpaired) electrons. The Kier molecular flexibility index (Phi) is 5.17. The van der Waals surface area contributed by atoms with E-state index in [4.69, 9.17) is 10.3 Å². The monoisotopic (exact) mass is 382 g/mol. The van der Waals surface area contributed by atoms with Gasteiger partial charge in [-0.25, -0.2) is 0 Å². The van der Waals surface area contributed by atoms with Gasteiger partial charge in [0.05, 0.1) is 0 Å². The third kappa shape index (κ3) is 4.25. The van der Waals surface area contributed by atoms with Crippen LogP contribution in [0.2, 0.25) is 0 Å². The number of rotatable bonds is 5. The Balaban J connectivity index is 1.37. The number of anilines is 1. The van der Waals surface area contributed by atoms with Crippen molar-refractivity contribution in [3.05, 3.63) is 46.8 Å². The van der Waals surface area contributed by atoms with Crippen LogP contribution in [0.15, 0.2) is 28.8 Å². The summed E-state index contributed by atoms with van der Waals surface area (Å²) >= 11 is 0. The molecule has 2 aliphatic rings. The molecule has 4 N–H and O–H groups in total. The van der Waals surface area contributed by atoms with Crippen LogP contribution >= 0.6 is 0 Å². The van der Waals surface area contributed by atoms with Crippen molar-refractivity contribution < 1.29 is 14.1 Å². The van der Waals surface area contributed by atoms with Crippen LogP contribution in [0, 0.1) is 6.92 Å². The van der Waals surface area contributed by atoms with Gasteiger partial charge in [0.2, 0.25) is 0 Å². The maximum atomic E-state index is 12.5. The first kappa shape index (κ1) is 18.7. The lowest BCUT2D eigenvalue weighted by molar-refractivity contribution is 0.0925. The van der Waals surface area contributed by atoms with Gasteiger partial charge in [-0.3, -0.25) is 9.59 Å². The molecule has 0 aliphatic heterocycles. The minimum absolute atomic E-state index is 0.0907. The first-order valence-corrected chi connectivity index (χ1v) is 9.94. The zero-order valence-electron chi connectivity index (χ0n) is 16.0. The number of aromatic nitrogens is 1. The third-order valence-corrected chi connectivity index (χ3v) is 5.58. The lowest BCUT2D eigenvalue weighted by Gasteiger charge is -2.26. The van der Waals surface area contributed by atoms with Crippen LogP contribution in [0.5, 0.6) is 0 Å². The van der Waals surface area contributed by atoms with E-state index in [-0.39, 0.29) is 29.6 Å². The van der Waals surface area contributed by atoms with Crippen LogP contribution in [0.1, 0.15) is 76.6 Å². The number of amides is 2. The van der Waals surface area contributed by atoms with Crippen molar-refractivity contribution in [3.8, 4) is 0 Å². The van der Waals surface area contributed by atoms with Crippen LogP contribution in [-0.2, 0) is 0 Å². The Morgan fingerprint density at radius 1 is 1.07 bits per heavy atom. The lowest BCUT2D eigenvalue weighted by atomic mass is 9.91. The van der Waals surface area contributed by atoms with Gasteiger partial charge >= 0.3 is 0 Å².